The number of unbranched alkanes of at least 4 members (excludes halogenated alkanes) is 2. The van der Waals surface area contributed by atoms with Gasteiger partial charge in [-0.2, -0.15) is 11.8 Å². The van der Waals surface area contributed by atoms with Gasteiger partial charge in [-0.1, -0.05) is 50.1 Å². The molecule has 3 N–H and O–H groups in total. The Hall–Kier alpha value is -0.510. The molecule has 0 saturated carbocycles. The van der Waals surface area contributed by atoms with Crippen LogP contribution in [0.25, 0.3) is 0 Å². The first kappa shape index (κ1) is 15.5. The van der Waals surface area contributed by atoms with Gasteiger partial charge in [0.05, 0.1) is 12.1 Å². The average molecular weight is 267 g/mol. The molecule has 18 heavy (non-hydrogen) atoms. The molecule has 0 saturated heterocycles. The van der Waals surface area contributed by atoms with Crippen LogP contribution in [-0.4, -0.2) is 23.2 Å². The number of rotatable bonds is 9. The summed E-state index contributed by atoms with van der Waals surface area (Å²) in [5, 5.41) is 9.55. The van der Waals surface area contributed by atoms with E-state index in [0.29, 0.717) is 0 Å². The molecule has 3 heteroatoms. The minimum absolute atomic E-state index is 0.00648. The first-order valence-electron chi connectivity index (χ1n) is 6.76. The van der Waals surface area contributed by atoms with Gasteiger partial charge in [0, 0.05) is 0 Å². The molecule has 0 aliphatic heterocycles. The molecule has 2 nitrogen and oxygen atoms in total. The molecular formula is C15H25NOS. The Morgan fingerprint density at radius 3 is 2.50 bits per heavy atom. The minimum atomic E-state index is -0.584. The van der Waals surface area contributed by atoms with Crippen molar-refractivity contribution in [2.75, 3.05) is 18.1 Å². The third-order valence-corrected chi connectivity index (χ3v) is 4.29. The quantitative estimate of drug-likeness (QED) is 0.676. The zero-order valence-electron chi connectivity index (χ0n) is 11.3. The first-order valence-corrected chi connectivity index (χ1v) is 7.91. The zero-order valence-corrected chi connectivity index (χ0v) is 12.1. The Labute approximate surface area is 115 Å². The van der Waals surface area contributed by atoms with Crippen molar-refractivity contribution in [1.82, 2.24) is 0 Å². The molecule has 0 amide bonds. The standard InChI is InChI=1S/C15H25NOS/c1-2-3-7-11-18-12-10-15(16,13-17)14-8-5-4-6-9-14/h4-6,8-9,17H,2-3,7,10-13,16H2,1H3. The molecule has 0 aromatic heterocycles. The van der Waals surface area contributed by atoms with Crippen LogP contribution in [0.1, 0.15) is 38.2 Å². The molecule has 1 atom stereocenters. The van der Waals surface area contributed by atoms with Crippen molar-refractivity contribution in [1.29, 1.82) is 0 Å². The lowest BCUT2D eigenvalue weighted by atomic mass is 9.89. The Morgan fingerprint density at radius 2 is 1.89 bits per heavy atom. The van der Waals surface area contributed by atoms with Gasteiger partial charge in [-0.25, -0.2) is 0 Å². The Kier molecular flexibility index (Phi) is 7.40. The number of benzene rings is 1. The van der Waals surface area contributed by atoms with E-state index >= 15 is 0 Å². The van der Waals surface area contributed by atoms with Gasteiger partial charge in [0.15, 0.2) is 0 Å². The Morgan fingerprint density at radius 1 is 1.17 bits per heavy atom. The maximum Gasteiger partial charge on any atom is 0.0653 e. The summed E-state index contributed by atoms with van der Waals surface area (Å²) in [4.78, 5) is 0. The maximum absolute atomic E-state index is 9.55. The monoisotopic (exact) mass is 267 g/mol. The molecular weight excluding hydrogens is 242 g/mol. The Bertz CT molecular complexity index is 318. The minimum Gasteiger partial charge on any atom is -0.394 e. The highest BCUT2D eigenvalue weighted by atomic mass is 32.2. The van der Waals surface area contributed by atoms with Crippen molar-refractivity contribution >= 4 is 11.8 Å². The van der Waals surface area contributed by atoms with E-state index in [0.717, 1.165) is 17.7 Å². The summed E-state index contributed by atoms with van der Waals surface area (Å²) < 4.78 is 0. The topological polar surface area (TPSA) is 46.2 Å². The predicted molar refractivity (Wildman–Crippen MR) is 80.9 cm³/mol. The number of hydrogen-bond acceptors (Lipinski definition) is 3. The normalized spacial score (nSPS) is 14.4. The largest absolute Gasteiger partial charge is 0.394 e. The predicted octanol–water partition coefficient (Wildman–Crippen LogP) is 3.15. The second-order valence-corrected chi connectivity index (χ2v) is 5.97. The number of aliphatic hydroxyl groups excluding tert-OH is 1. The van der Waals surface area contributed by atoms with E-state index in [1.54, 1.807) is 0 Å². The fourth-order valence-electron chi connectivity index (χ4n) is 1.90. The van der Waals surface area contributed by atoms with E-state index in [4.69, 9.17) is 5.73 Å². The summed E-state index contributed by atoms with van der Waals surface area (Å²) in [7, 11) is 0. The summed E-state index contributed by atoms with van der Waals surface area (Å²) in [6.45, 7) is 2.23. The maximum atomic E-state index is 9.55. The smallest absolute Gasteiger partial charge is 0.0653 e. The van der Waals surface area contributed by atoms with E-state index in [2.05, 4.69) is 6.92 Å². The van der Waals surface area contributed by atoms with Crippen LogP contribution in [0.4, 0.5) is 0 Å². The van der Waals surface area contributed by atoms with Crippen molar-refractivity contribution in [2.45, 2.75) is 38.1 Å². The van der Waals surface area contributed by atoms with Crippen molar-refractivity contribution < 1.29 is 5.11 Å². The molecule has 1 aromatic carbocycles. The van der Waals surface area contributed by atoms with Gasteiger partial charge in [-0.3, -0.25) is 0 Å². The summed E-state index contributed by atoms with van der Waals surface area (Å²) in [5.41, 5.74) is 6.74. The molecule has 0 spiro atoms. The van der Waals surface area contributed by atoms with Crippen molar-refractivity contribution in [3.8, 4) is 0 Å². The lowest BCUT2D eigenvalue weighted by Gasteiger charge is -2.27. The fourth-order valence-corrected chi connectivity index (χ4v) is 3.02. The van der Waals surface area contributed by atoms with Gasteiger partial charge in [0.2, 0.25) is 0 Å². The second-order valence-electron chi connectivity index (χ2n) is 4.75. The first-order chi connectivity index (χ1) is 8.73. The van der Waals surface area contributed by atoms with Crippen LogP contribution in [-0.2, 0) is 5.54 Å². The second kappa shape index (κ2) is 8.57. The van der Waals surface area contributed by atoms with Crippen molar-refractivity contribution in [3.05, 3.63) is 35.9 Å². The van der Waals surface area contributed by atoms with Crippen LogP contribution in [0.15, 0.2) is 30.3 Å². The van der Waals surface area contributed by atoms with E-state index < -0.39 is 5.54 Å². The van der Waals surface area contributed by atoms with Crippen LogP contribution in [0.2, 0.25) is 0 Å². The molecule has 1 unspecified atom stereocenters. The van der Waals surface area contributed by atoms with Crippen molar-refractivity contribution in [2.24, 2.45) is 5.73 Å². The summed E-state index contributed by atoms with van der Waals surface area (Å²) in [6, 6.07) is 9.92. The van der Waals surface area contributed by atoms with Crippen LogP contribution in [0.3, 0.4) is 0 Å². The number of hydrogen-bond donors (Lipinski definition) is 2. The summed E-state index contributed by atoms with van der Waals surface area (Å²) in [5.74, 6) is 2.21. The molecule has 0 aliphatic rings. The molecule has 0 radical (unpaired) electrons. The van der Waals surface area contributed by atoms with Crippen LogP contribution in [0, 0.1) is 0 Å². The fraction of sp³-hybridized carbons (Fsp3) is 0.600. The number of nitrogens with two attached hydrogens (primary N) is 1. The molecule has 0 bridgehead atoms. The SMILES string of the molecule is CCCCCSCCC(N)(CO)c1ccccc1. The van der Waals surface area contributed by atoms with Gasteiger partial charge in [0.25, 0.3) is 0 Å². The molecule has 0 heterocycles. The van der Waals surface area contributed by atoms with Crippen molar-refractivity contribution in [3.63, 3.8) is 0 Å². The van der Waals surface area contributed by atoms with Gasteiger partial charge in [-0.05, 0) is 29.9 Å². The molecule has 1 aromatic rings. The lowest BCUT2D eigenvalue weighted by Crippen LogP contribution is -2.41. The van der Waals surface area contributed by atoms with E-state index in [1.165, 1.54) is 25.0 Å². The third-order valence-electron chi connectivity index (χ3n) is 3.22. The molecule has 0 fully saturated rings. The number of thioether (sulfide) groups is 1. The average Bonchev–Trinajstić information content (AvgIpc) is 2.43. The van der Waals surface area contributed by atoms with E-state index in [9.17, 15) is 5.11 Å². The third kappa shape index (κ3) is 5.01. The van der Waals surface area contributed by atoms with Gasteiger partial charge in [-0.15, -0.1) is 0 Å². The highest BCUT2D eigenvalue weighted by Gasteiger charge is 2.25. The Balaban J connectivity index is 2.37. The lowest BCUT2D eigenvalue weighted by molar-refractivity contribution is 0.193. The van der Waals surface area contributed by atoms with Crippen LogP contribution < -0.4 is 5.73 Å². The molecule has 0 aliphatic carbocycles. The van der Waals surface area contributed by atoms with Gasteiger partial charge < -0.3 is 10.8 Å². The highest BCUT2D eigenvalue weighted by Crippen LogP contribution is 2.23. The number of aliphatic hydroxyl groups is 1. The van der Waals surface area contributed by atoms with E-state index in [-0.39, 0.29) is 6.61 Å². The summed E-state index contributed by atoms with van der Waals surface area (Å²) >= 11 is 1.94. The molecule has 102 valence electrons. The zero-order chi connectivity index (χ0) is 13.3. The molecule has 1 rings (SSSR count). The van der Waals surface area contributed by atoms with Gasteiger partial charge in [0.1, 0.15) is 0 Å². The highest BCUT2D eigenvalue weighted by molar-refractivity contribution is 7.99. The summed E-state index contributed by atoms with van der Waals surface area (Å²) in [6.07, 6.45) is 4.68. The van der Waals surface area contributed by atoms with Gasteiger partial charge >= 0.3 is 0 Å². The van der Waals surface area contributed by atoms with Crippen LogP contribution in [0.5, 0.6) is 0 Å². The van der Waals surface area contributed by atoms with E-state index in [1.807, 2.05) is 42.1 Å². The van der Waals surface area contributed by atoms with Crippen LogP contribution >= 0.6 is 11.8 Å².